The van der Waals surface area contributed by atoms with Gasteiger partial charge in [0.1, 0.15) is 0 Å². The molecule has 0 saturated heterocycles. The van der Waals surface area contributed by atoms with Crippen molar-refractivity contribution in [1.29, 1.82) is 0 Å². The van der Waals surface area contributed by atoms with Crippen molar-refractivity contribution in [2.24, 2.45) is 57.2 Å². The molecule has 2 rings (SSSR count). The van der Waals surface area contributed by atoms with Gasteiger partial charge in [0, 0.05) is 0 Å². The van der Waals surface area contributed by atoms with Gasteiger partial charge in [0.2, 0.25) is 0 Å². The molecule has 0 heterocycles. The minimum absolute atomic E-state index is 0.131. The predicted octanol–water partition coefficient (Wildman–Crippen LogP) is 7.57. The largest absolute Gasteiger partial charge is 0.393 e. The van der Waals surface area contributed by atoms with E-state index in [1.165, 1.54) is 6.42 Å². The minimum Gasteiger partial charge on any atom is -0.393 e. The third kappa shape index (κ3) is 6.50. The Hall–Kier alpha value is -0.0800. The average molecular weight is 437 g/mol. The second-order valence-electron chi connectivity index (χ2n) is 15.8. The van der Waals surface area contributed by atoms with Gasteiger partial charge in [0.15, 0.2) is 0 Å². The first kappa shape index (κ1) is 27.2. The lowest BCUT2D eigenvalue weighted by molar-refractivity contribution is -0.102. The molecule has 0 spiro atoms. The Labute approximate surface area is 195 Å². The molecule has 0 radical (unpaired) electrons. The summed E-state index contributed by atoms with van der Waals surface area (Å²) in [5.41, 5.74) is 0.525. The fourth-order valence-corrected chi connectivity index (χ4v) is 7.07. The summed E-state index contributed by atoms with van der Waals surface area (Å²) in [6.07, 6.45) is 5.46. The van der Waals surface area contributed by atoms with Crippen LogP contribution in [0.1, 0.15) is 115 Å². The first-order valence-electron chi connectivity index (χ1n) is 13.1. The van der Waals surface area contributed by atoms with E-state index in [1.807, 2.05) is 0 Å². The van der Waals surface area contributed by atoms with Gasteiger partial charge in [0.25, 0.3) is 0 Å². The van der Waals surface area contributed by atoms with Crippen LogP contribution in [-0.4, -0.2) is 22.4 Å². The molecule has 2 fully saturated rings. The second kappa shape index (κ2) is 8.94. The van der Waals surface area contributed by atoms with Gasteiger partial charge in [0.05, 0.1) is 12.2 Å². The average Bonchev–Trinajstić information content (AvgIpc) is 2.53. The van der Waals surface area contributed by atoms with Gasteiger partial charge in [-0.05, 0) is 89.3 Å². The monoisotopic (exact) mass is 436 g/mol. The van der Waals surface area contributed by atoms with Crippen molar-refractivity contribution < 1.29 is 10.2 Å². The number of hydrogen-bond donors (Lipinski definition) is 2. The first-order valence-corrected chi connectivity index (χ1v) is 13.1. The van der Waals surface area contributed by atoms with Crippen LogP contribution in [0.5, 0.6) is 0 Å². The SMILES string of the molecule is CC(C)(C)C1CC(CC2CC(C(C)(C)C)C(O)C(C(C)(C)C)C2)CC(C(C)(C)C)C1O. The highest BCUT2D eigenvalue weighted by molar-refractivity contribution is 4.99. The highest BCUT2D eigenvalue weighted by Crippen LogP contribution is 2.53. The molecule has 4 unspecified atom stereocenters. The smallest absolute Gasteiger partial charge is 0.0606 e. The van der Waals surface area contributed by atoms with E-state index >= 15 is 0 Å². The van der Waals surface area contributed by atoms with Crippen molar-refractivity contribution in [3.63, 3.8) is 0 Å². The van der Waals surface area contributed by atoms with Crippen molar-refractivity contribution >= 4 is 0 Å². The van der Waals surface area contributed by atoms with Gasteiger partial charge in [-0.2, -0.15) is 0 Å². The van der Waals surface area contributed by atoms with Crippen LogP contribution >= 0.6 is 0 Å². The van der Waals surface area contributed by atoms with E-state index in [0.717, 1.165) is 25.7 Å². The Morgan fingerprint density at radius 1 is 0.452 bits per heavy atom. The molecule has 0 aromatic carbocycles. The zero-order chi connectivity index (χ0) is 24.2. The van der Waals surface area contributed by atoms with Crippen LogP contribution in [0.25, 0.3) is 0 Å². The molecule has 2 aliphatic carbocycles. The van der Waals surface area contributed by atoms with Crippen LogP contribution < -0.4 is 0 Å². The lowest BCUT2D eigenvalue weighted by atomic mass is 9.55. The molecule has 2 nitrogen and oxygen atoms in total. The van der Waals surface area contributed by atoms with Crippen molar-refractivity contribution in [1.82, 2.24) is 0 Å². The summed E-state index contributed by atoms with van der Waals surface area (Å²) in [4.78, 5) is 0. The molecule has 2 N–H and O–H groups in total. The fourth-order valence-electron chi connectivity index (χ4n) is 7.07. The molecule has 4 atom stereocenters. The predicted molar refractivity (Wildman–Crippen MR) is 134 cm³/mol. The molecule has 0 aromatic rings. The van der Waals surface area contributed by atoms with Crippen molar-refractivity contribution in [2.75, 3.05) is 0 Å². The van der Waals surface area contributed by atoms with E-state index in [-0.39, 0.29) is 33.9 Å². The summed E-state index contributed by atoms with van der Waals surface area (Å²) < 4.78 is 0. The van der Waals surface area contributed by atoms with Crippen molar-refractivity contribution in [2.45, 2.75) is 127 Å². The van der Waals surface area contributed by atoms with E-state index in [0.29, 0.717) is 35.5 Å². The molecule has 184 valence electrons. The third-order valence-corrected chi connectivity index (χ3v) is 9.11. The molecule has 31 heavy (non-hydrogen) atoms. The lowest BCUT2D eigenvalue weighted by Gasteiger charge is -2.52. The topological polar surface area (TPSA) is 40.5 Å². The highest BCUT2D eigenvalue weighted by Gasteiger charge is 2.49. The number of aliphatic hydroxyl groups excluding tert-OH is 2. The number of aliphatic hydroxyl groups is 2. The van der Waals surface area contributed by atoms with Crippen LogP contribution in [0, 0.1) is 57.2 Å². The Balaban J connectivity index is 2.27. The molecular weight excluding hydrogens is 380 g/mol. The lowest BCUT2D eigenvalue weighted by Crippen LogP contribution is -2.49. The van der Waals surface area contributed by atoms with Crippen molar-refractivity contribution in [3.05, 3.63) is 0 Å². The van der Waals surface area contributed by atoms with Crippen LogP contribution in [0.3, 0.4) is 0 Å². The molecule has 2 saturated carbocycles. The van der Waals surface area contributed by atoms with E-state index < -0.39 is 0 Å². The maximum absolute atomic E-state index is 11.3. The van der Waals surface area contributed by atoms with Gasteiger partial charge in [-0.25, -0.2) is 0 Å². The molecule has 0 aromatic heterocycles. The third-order valence-electron chi connectivity index (χ3n) is 9.11. The van der Waals surface area contributed by atoms with E-state index in [1.54, 1.807) is 0 Å². The number of hydrogen-bond acceptors (Lipinski definition) is 2. The molecule has 2 aliphatic rings. The second-order valence-corrected chi connectivity index (χ2v) is 15.8. The highest BCUT2D eigenvalue weighted by atomic mass is 16.3. The van der Waals surface area contributed by atoms with Gasteiger partial charge < -0.3 is 10.2 Å². The summed E-state index contributed by atoms with van der Waals surface area (Å²) in [6.45, 7) is 27.7. The Kier molecular flexibility index (Phi) is 7.83. The van der Waals surface area contributed by atoms with E-state index in [2.05, 4.69) is 83.1 Å². The molecule has 0 bridgehead atoms. The maximum Gasteiger partial charge on any atom is 0.0606 e. The zero-order valence-electron chi connectivity index (χ0n) is 23.0. The standard InChI is InChI=1S/C29H56O2/c1-26(2,3)20-14-18(15-21(24(20)30)27(4,5)6)13-19-16-22(28(7,8)9)25(31)23(17-19)29(10,11)12/h18-25,30-31H,13-17H2,1-12H3. The van der Waals surface area contributed by atoms with E-state index in [9.17, 15) is 10.2 Å². The minimum atomic E-state index is -0.200. The van der Waals surface area contributed by atoms with Gasteiger partial charge in [-0.1, -0.05) is 83.1 Å². The normalized spacial score (nSPS) is 38.9. The number of rotatable bonds is 2. The van der Waals surface area contributed by atoms with Crippen LogP contribution in [0.4, 0.5) is 0 Å². The maximum atomic E-state index is 11.3. The fraction of sp³-hybridized carbons (Fsp3) is 1.00. The van der Waals surface area contributed by atoms with Gasteiger partial charge in [-0.3, -0.25) is 0 Å². The summed E-state index contributed by atoms with van der Waals surface area (Å²) in [6, 6.07) is 0. The summed E-state index contributed by atoms with van der Waals surface area (Å²) >= 11 is 0. The van der Waals surface area contributed by atoms with Crippen LogP contribution in [0.2, 0.25) is 0 Å². The van der Waals surface area contributed by atoms with Crippen molar-refractivity contribution in [3.8, 4) is 0 Å². The van der Waals surface area contributed by atoms with Crippen LogP contribution in [0.15, 0.2) is 0 Å². The Morgan fingerprint density at radius 2 is 0.645 bits per heavy atom. The Morgan fingerprint density at radius 3 is 0.806 bits per heavy atom. The molecule has 2 heteroatoms. The van der Waals surface area contributed by atoms with Gasteiger partial charge >= 0.3 is 0 Å². The quantitative estimate of drug-likeness (QED) is 0.468. The Bertz CT molecular complexity index is 480. The zero-order valence-corrected chi connectivity index (χ0v) is 23.0. The van der Waals surface area contributed by atoms with E-state index in [4.69, 9.17) is 0 Å². The molecule has 0 amide bonds. The van der Waals surface area contributed by atoms with Crippen LogP contribution in [-0.2, 0) is 0 Å². The molecular formula is C29H56O2. The summed E-state index contributed by atoms with van der Waals surface area (Å²) in [7, 11) is 0. The van der Waals surface area contributed by atoms with Gasteiger partial charge in [-0.15, -0.1) is 0 Å². The summed E-state index contributed by atoms with van der Waals surface area (Å²) in [5.74, 6) is 2.81. The summed E-state index contributed by atoms with van der Waals surface area (Å²) in [5, 5.41) is 22.6. The molecule has 0 aliphatic heterocycles. The first-order chi connectivity index (χ1) is 13.7.